The third-order valence-corrected chi connectivity index (χ3v) is 8.27. The van der Waals surface area contributed by atoms with Crippen LogP contribution in [0.4, 0.5) is 0 Å². The molecule has 3 aromatic carbocycles. The highest BCUT2D eigenvalue weighted by Crippen LogP contribution is 2.55. The summed E-state index contributed by atoms with van der Waals surface area (Å²) in [5.74, 6) is 0. The first-order chi connectivity index (χ1) is 14.4. The summed E-state index contributed by atoms with van der Waals surface area (Å²) >= 11 is 0. The first-order valence-electron chi connectivity index (χ1n) is 9.36. The van der Waals surface area contributed by atoms with Gasteiger partial charge in [-0.25, -0.2) is 13.0 Å². The van der Waals surface area contributed by atoms with E-state index >= 15 is 0 Å². The Bertz CT molecular complexity index is 1030. The molecular formula is C22H24NO5PS. The van der Waals surface area contributed by atoms with Crippen LogP contribution in [0.15, 0.2) is 91.0 Å². The van der Waals surface area contributed by atoms with Crippen LogP contribution in [0.25, 0.3) is 0 Å². The summed E-state index contributed by atoms with van der Waals surface area (Å²) in [7, 11) is -8.11. The summed E-state index contributed by atoms with van der Waals surface area (Å²) in [6.45, 7) is -0.220. The van der Waals surface area contributed by atoms with E-state index in [2.05, 4.69) is 0 Å². The fourth-order valence-corrected chi connectivity index (χ4v) is 6.16. The molecule has 0 aromatic heterocycles. The smallest absolute Gasteiger partial charge is 0.291 e. The van der Waals surface area contributed by atoms with Gasteiger partial charge < -0.3 is 0 Å². The molecule has 0 spiro atoms. The Labute approximate surface area is 177 Å². The lowest BCUT2D eigenvalue weighted by Gasteiger charge is -2.28. The van der Waals surface area contributed by atoms with Crippen LogP contribution in [-0.2, 0) is 43.4 Å². The van der Waals surface area contributed by atoms with Crippen molar-refractivity contribution in [1.29, 1.82) is 0 Å². The molecule has 0 unspecified atom stereocenters. The normalized spacial score (nSPS) is 12.2. The second kappa shape index (κ2) is 10.2. The van der Waals surface area contributed by atoms with E-state index in [9.17, 15) is 13.0 Å². The lowest BCUT2D eigenvalue weighted by atomic mass is 10.2. The molecule has 0 amide bonds. The second-order valence-corrected chi connectivity index (χ2v) is 10.8. The van der Waals surface area contributed by atoms with Crippen LogP contribution in [0.2, 0.25) is 0 Å². The Morgan fingerprint density at radius 2 is 1.07 bits per heavy atom. The molecule has 0 aliphatic rings. The van der Waals surface area contributed by atoms with E-state index in [4.69, 9.17) is 9.05 Å². The van der Waals surface area contributed by atoms with Crippen molar-refractivity contribution in [2.24, 2.45) is 0 Å². The van der Waals surface area contributed by atoms with Crippen molar-refractivity contribution in [1.82, 2.24) is 4.08 Å². The van der Waals surface area contributed by atoms with E-state index in [-0.39, 0.29) is 19.8 Å². The van der Waals surface area contributed by atoms with Gasteiger partial charge in [0.15, 0.2) is 0 Å². The summed E-state index contributed by atoms with van der Waals surface area (Å²) in [6.07, 6.45) is 1.00. The molecule has 0 saturated heterocycles. The van der Waals surface area contributed by atoms with Crippen molar-refractivity contribution >= 4 is 17.8 Å². The number of hydrogen-bond acceptors (Lipinski definition) is 5. The topological polar surface area (TPSA) is 72.9 Å². The van der Waals surface area contributed by atoms with Crippen LogP contribution >= 0.6 is 7.75 Å². The van der Waals surface area contributed by atoms with Gasteiger partial charge in [0.1, 0.15) is 0 Å². The average Bonchev–Trinajstić information content (AvgIpc) is 2.76. The first-order valence-corrected chi connectivity index (χ1v) is 12.7. The van der Waals surface area contributed by atoms with Crippen LogP contribution in [0.5, 0.6) is 0 Å². The quantitative estimate of drug-likeness (QED) is 0.411. The van der Waals surface area contributed by atoms with Crippen molar-refractivity contribution in [3.05, 3.63) is 108 Å². The van der Waals surface area contributed by atoms with Crippen molar-refractivity contribution in [2.75, 3.05) is 6.26 Å². The minimum atomic E-state index is -4.20. The monoisotopic (exact) mass is 445 g/mol. The molecular weight excluding hydrogens is 421 g/mol. The van der Waals surface area contributed by atoms with Crippen molar-refractivity contribution in [2.45, 2.75) is 19.8 Å². The van der Waals surface area contributed by atoms with Gasteiger partial charge in [-0.15, -0.1) is 0 Å². The molecule has 0 aliphatic heterocycles. The number of sulfonamides is 1. The molecule has 0 saturated carbocycles. The lowest BCUT2D eigenvalue weighted by Crippen LogP contribution is -2.28. The largest absolute Gasteiger partial charge is 0.422 e. The first kappa shape index (κ1) is 22.4. The maximum absolute atomic E-state index is 13.8. The molecule has 30 heavy (non-hydrogen) atoms. The van der Waals surface area contributed by atoms with Gasteiger partial charge in [0, 0.05) is 0 Å². The standard InChI is InChI=1S/C22H24NO5PS/c1-30(25,26)23(17-20-11-5-2-6-12-20)29(24,27-18-21-13-7-3-8-14-21)28-19-22-15-9-4-10-16-22/h2-16H,17-19H2,1H3. The van der Waals surface area contributed by atoms with Gasteiger partial charge in [-0.1, -0.05) is 95.1 Å². The van der Waals surface area contributed by atoms with E-state index in [1.54, 1.807) is 24.3 Å². The Kier molecular flexibility index (Phi) is 7.58. The summed E-state index contributed by atoms with van der Waals surface area (Å²) < 4.78 is 51.2. The van der Waals surface area contributed by atoms with Gasteiger partial charge in [0.25, 0.3) is 0 Å². The average molecular weight is 445 g/mol. The van der Waals surface area contributed by atoms with Crippen molar-refractivity contribution in [3.63, 3.8) is 0 Å². The molecule has 0 radical (unpaired) electrons. The van der Waals surface area contributed by atoms with Crippen molar-refractivity contribution < 1.29 is 22.0 Å². The molecule has 0 atom stereocenters. The van der Waals surface area contributed by atoms with Gasteiger partial charge in [0.05, 0.1) is 26.0 Å². The molecule has 3 rings (SSSR count). The zero-order valence-electron chi connectivity index (χ0n) is 16.6. The highest BCUT2D eigenvalue weighted by Gasteiger charge is 2.40. The molecule has 0 heterocycles. The summed E-state index contributed by atoms with van der Waals surface area (Å²) in [5, 5.41) is 0. The predicted molar refractivity (Wildman–Crippen MR) is 117 cm³/mol. The van der Waals surface area contributed by atoms with Gasteiger partial charge in [-0.05, 0) is 16.7 Å². The van der Waals surface area contributed by atoms with Crippen LogP contribution in [0.3, 0.4) is 0 Å². The van der Waals surface area contributed by atoms with Gasteiger partial charge >= 0.3 is 7.75 Å². The van der Waals surface area contributed by atoms with E-state index in [0.29, 0.717) is 5.56 Å². The Morgan fingerprint density at radius 3 is 1.43 bits per heavy atom. The maximum atomic E-state index is 13.8. The minimum absolute atomic E-state index is 0.0479. The Morgan fingerprint density at radius 1 is 0.700 bits per heavy atom. The Balaban J connectivity index is 1.90. The summed E-state index contributed by atoms with van der Waals surface area (Å²) in [5.41, 5.74) is 2.19. The number of rotatable bonds is 10. The van der Waals surface area contributed by atoms with Crippen LogP contribution in [0, 0.1) is 0 Å². The fraction of sp³-hybridized carbons (Fsp3) is 0.182. The fourth-order valence-electron chi connectivity index (χ4n) is 2.75. The lowest BCUT2D eigenvalue weighted by molar-refractivity contribution is 0.163. The van der Waals surface area contributed by atoms with Crippen molar-refractivity contribution in [3.8, 4) is 0 Å². The van der Waals surface area contributed by atoms with Gasteiger partial charge in [0.2, 0.25) is 10.0 Å². The van der Waals surface area contributed by atoms with Gasteiger partial charge in [-0.2, -0.15) is 0 Å². The van der Waals surface area contributed by atoms with E-state index in [1.165, 1.54) is 0 Å². The highest BCUT2D eigenvalue weighted by molar-refractivity contribution is 7.93. The summed E-state index contributed by atoms with van der Waals surface area (Å²) in [4.78, 5) is 0. The SMILES string of the molecule is CS(=O)(=O)N(Cc1ccccc1)P(=O)(OCc1ccccc1)OCc1ccccc1. The van der Waals surface area contributed by atoms with E-state index in [0.717, 1.165) is 21.5 Å². The second-order valence-electron chi connectivity index (χ2n) is 6.72. The number of benzene rings is 3. The molecule has 0 N–H and O–H groups in total. The third kappa shape index (κ3) is 6.36. The number of nitrogens with zero attached hydrogens (tertiary/aromatic N) is 1. The molecule has 6 nitrogen and oxygen atoms in total. The van der Waals surface area contributed by atoms with Crippen LogP contribution in [0.1, 0.15) is 16.7 Å². The summed E-state index contributed by atoms with van der Waals surface area (Å²) in [6, 6.07) is 27.2. The zero-order valence-corrected chi connectivity index (χ0v) is 18.3. The predicted octanol–water partition coefficient (Wildman–Crippen LogP) is 4.99. The van der Waals surface area contributed by atoms with Gasteiger partial charge in [-0.3, -0.25) is 9.05 Å². The molecule has 158 valence electrons. The Hall–Kier alpha value is -2.28. The third-order valence-electron chi connectivity index (χ3n) is 4.29. The molecule has 0 fully saturated rings. The molecule has 3 aromatic rings. The van der Waals surface area contributed by atoms with E-state index in [1.807, 2.05) is 66.7 Å². The van der Waals surface area contributed by atoms with Crippen LogP contribution in [-0.4, -0.2) is 18.7 Å². The van der Waals surface area contributed by atoms with E-state index < -0.39 is 17.8 Å². The van der Waals surface area contributed by atoms with Crippen LogP contribution < -0.4 is 0 Å². The number of hydrogen-bond donors (Lipinski definition) is 0. The molecule has 0 aliphatic carbocycles. The highest BCUT2D eigenvalue weighted by atomic mass is 32.2. The zero-order chi connectivity index (χ0) is 21.5. The molecule has 8 heteroatoms. The maximum Gasteiger partial charge on any atom is 0.422 e. The minimum Gasteiger partial charge on any atom is -0.291 e. The molecule has 0 bridgehead atoms.